The molecule has 0 unspecified atom stereocenters. The number of aryl methyl sites for hydroxylation is 1. The molecule has 0 aliphatic carbocycles. The third-order valence-electron chi connectivity index (χ3n) is 5.30. The molecule has 4 rings (SSSR count). The number of carbonyl (C=O) groups is 1. The van der Waals surface area contributed by atoms with Gasteiger partial charge in [-0.1, -0.05) is 42.5 Å². The van der Waals surface area contributed by atoms with Crippen molar-refractivity contribution in [2.45, 2.75) is 25.7 Å². The number of rotatable bonds is 7. The molecule has 3 aromatic rings. The maximum absolute atomic E-state index is 12.4. The molecule has 2 aromatic carbocycles. The Balaban J connectivity index is 1.32. The molecule has 1 aliphatic rings. The molecular weight excluding hydrogens is 360 g/mol. The van der Waals surface area contributed by atoms with Gasteiger partial charge >= 0.3 is 0 Å². The van der Waals surface area contributed by atoms with Crippen LogP contribution in [-0.2, 0) is 6.42 Å². The second-order valence-corrected chi connectivity index (χ2v) is 7.38. The van der Waals surface area contributed by atoms with Crippen LogP contribution in [0.25, 0.3) is 11.3 Å². The van der Waals surface area contributed by atoms with E-state index < -0.39 is 0 Å². The minimum Gasteiger partial charge on any atom is -0.357 e. The smallest absolute Gasteiger partial charge is 0.251 e. The zero-order valence-electron chi connectivity index (χ0n) is 16.6. The molecule has 0 spiro atoms. The summed E-state index contributed by atoms with van der Waals surface area (Å²) < 4.78 is 0. The van der Waals surface area contributed by atoms with E-state index in [1.807, 2.05) is 48.5 Å². The minimum atomic E-state index is -0.0370. The topological polar surface area (TPSA) is 58.1 Å². The highest BCUT2D eigenvalue weighted by atomic mass is 16.1. The van der Waals surface area contributed by atoms with Gasteiger partial charge in [0.25, 0.3) is 5.91 Å². The van der Waals surface area contributed by atoms with Gasteiger partial charge in [-0.05, 0) is 43.4 Å². The van der Waals surface area contributed by atoms with Crippen molar-refractivity contribution in [2.24, 2.45) is 0 Å². The highest BCUT2D eigenvalue weighted by Crippen LogP contribution is 2.23. The van der Waals surface area contributed by atoms with Crippen molar-refractivity contribution < 1.29 is 4.79 Å². The summed E-state index contributed by atoms with van der Waals surface area (Å²) in [6, 6.07) is 20.0. The van der Waals surface area contributed by atoms with Crippen molar-refractivity contribution in [3.63, 3.8) is 0 Å². The summed E-state index contributed by atoms with van der Waals surface area (Å²) in [4.78, 5) is 23.5. The lowest BCUT2D eigenvalue weighted by Crippen LogP contribution is -2.24. The van der Waals surface area contributed by atoms with E-state index in [-0.39, 0.29) is 5.91 Å². The Morgan fingerprint density at radius 1 is 0.966 bits per heavy atom. The maximum Gasteiger partial charge on any atom is 0.251 e. The number of aromatic nitrogens is 2. The van der Waals surface area contributed by atoms with Crippen molar-refractivity contribution in [1.29, 1.82) is 0 Å². The lowest BCUT2D eigenvalue weighted by Gasteiger charge is -2.16. The summed E-state index contributed by atoms with van der Waals surface area (Å²) in [5, 5.41) is 3.00. The van der Waals surface area contributed by atoms with Crippen LogP contribution in [0.15, 0.2) is 67.0 Å². The number of nitrogens with one attached hydrogen (secondary N) is 1. The normalized spacial score (nSPS) is 13.4. The fourth-order valence-electron chi connectivity index (χ4n) is 3.66. The molecule has 0 bridgehead atoms. The second kappa shape index (κ2) is 9.32. The van der Waals surface area contributed by atoms with Crippen LogP contribution in [0, 0.1) is 0 Å². The standard InChI is InChI=1S/C24H26N4O/c29-24(25-14-6-9-19-7-2-1-3-8-19)21-12-10-20(11-13-21)22-17-23(27-18-26-22)28-15-4-5-16-28/h1-3,7-8,10-13,17-18H,4-6,9,14-16H2,(H,25,29). The van der Waals surface area contributed by atoms with Crippen molar-refractivity contribution in [3.8, 4) is 11.3 Å². The largest absolute Gasteiger partial charge is 0.357 e. The summed E-state index contributed by atoms with van der Waals surface area (Å²) >= 11 is 0. The molecule has 1 saturated heterocycles. The van der Waals surface area contributed by atoms with Crippen LogP contribution < -0.4 is 10.2 Å². The molecule has 0 saturated carbocycles. The van der Waals surface area contributed by atoms with Crippen LogP contribution >= 0.6 is 0 Å². The molecular formula is C24H26N4O. The van der Waals surface area contributed by atoms with E-state index >= 15 is 0 Å². The number of hydrogen-bond acceptors (Lipinski definition) is 4. The lowest BCUT2D eigenvalue weighted by atomic mass is 10.1. The van der Waals surface area contributed by atoms with E-state index in [1.54, 1.807) is 6.33 Å². The SMILES string of the molecule is O=C(NCCCc1ccccc1)c1ccc(-c2cc(N3CCCC3)ncn2)cc1. The van der Waals surface area contributed by atoms with E-state index in [0.717, 1.165) is 43.0 Å². The van der Waals surface area contributed by atoms with Crippen LogP contribution in [0.2, 0.25) is 0 Å². The van der Waals surface area contributed by atoms with Crippen molar-refractivity contribution in [2.75, 3.05) is 24.5 Å². The molecule has 1 N–H and O–H groups in total. The Morgan fingerprint density at radius 3 is 2.48 bits per heavy atom. The van der Waals surface area contributed by atoms with Gasteiger partial charge in [0.1, 0.15) is 12.1 Å². The molecule has 1 aromatic heterocycles. The number of hydrogen-bond donors (Lipinski definition) is 1. The Kier molecular flexibility index (Phi) is 6.15. The fraction of sp³-hybridized carbons (Fsp3) is 0.292. The summed E-state index contributed by atoms with van der Waals surface area (Å²) in [6.07, 6.45) is 5.94. The van der Waals surface area contributed by atoms with Gasteiger partial charge in [0, 0.05) is 36.8 Å². The van der Waals surface area contributed by atoms with Gasteiger partial charge in [-0.15, -0.1) is 0 Å². The van der Waals surface area contributed by atoms with Gasteiger partial charge in [-0.25, -0.2) is 9.97 Å². The molecule has 5 heteroatoms. The first-order valence-electron chi connectivity index (χ1n) is 10.3. The second-order valence-electron chi connectivity index (χ2n) is 7.38. The molecule has 0 atom stereocenters. The minimum absolute atomic E-state index is 0.0370. The van der Waals surface area contributed by atoms with Gasteiger partial charge in [-0.2, -0.15) is 0 Å². The number of nitrogens with zero attached hydrogens (tertiary/aromatic N) is 3. The average molecular weight is 386 g/mol. The van der Waals surface area contributed by atoms with Gasteiger partial charge < -0.3 is 10.2 Å². The monoisotopic (exact) mass is 386 g/mol. The molecule has 0 radical (unpaired) electrons. The predicted octanol–water partition coefficient (Wildman–Crippen LogP) is 4.11. The fourth-order valence-corrected chi connectivity index (χ4v) is 3.66. The lowest BCUT2D eigenvalue weighted by molar-refractivity contribution is 0.0953. The summed E-state index contributed by atoms with van der Waals surface area (Å²) in [5.41, 5.74) is 3.84. The third-order valence-corrected chi connectivity index (χ3v) is 5.30. The predicted molar refractivity (Wildman–Crippen MR) is 116 cm³/mol. The van der Waals surface area contributed by atoms with E-state index in [0.29, 0.717) is 12.1 Å². The average Bonchev–Trinajstić information content (AvgIpc) is 3.33. The molecule has 29 heavy (non-hydrogen) atoms. The van der Waals surface area contributed by atoms with E-state index in [2.05, 4.69) is 32.3 Å². The summed E-state index contributed by atoms with van der Waals surface area (Å²) in [7, 11) is 0. The first kappa shape index (κ1) is 19.1. The number of anilines is 1. The van der Waals surface area contributed by atoms with Crippen LogP contribution in [0.5, 0.6) is 0 Å². The Labute approximate surface area is 171 Å². The molecule has 148 valence electrons. The van der Waals surface area contributed by atoms with E-state index in [1.165, 1.54) is 18.4 Å². The Hall–Kier alpha value is -3.21. The van der Waals surface area contributed by atoms with Crippen LogP contribution in [0.1, 0.15) is 35.2 Å². The molecule has 1 fully saturated rings. The molecule has 2 heterocycles. The molecule has 1 amide bonds. The molecule has 5 nitrogen and oxygen atoms in total. The number of benzene rings is 2. The number of amides is 1. The van der Waals surface area contributed by atoms with E-state index in [9.17, 15) is 4.79 Å². The zero-order chi connectivity index (χ0) is 19.9. The first-order chi connectivity index (χ1) is 14.3. The third kappa shape index (κ3) is 4.99. The first-order valence-corrected chi connectivity index (χ1v) is 10.3. The van der Waals surface area contributed by atoms with Crippen LogP contribution in [0.3, 0.4) is 0 Å². The molecule has 1 aliphatic heterocycles. The van der Waals surface area contributed by atoms with Crippen LogP contribution in [-0.4, -0.2) is 35.5 Å². The van der Waals surface area contributed by atoms with Gasteiger partial charge in [0.05, 0.1) is 5.69 Å². The van der Waals surface area contributed by atoms with Crippen molar-refractivity contribution in [1.82, 2.24) is 15.3 Å². The Bertz CT molecular complexity index is 935. The van der Waals surface area contributed by atoms with Gasteiger partial charge in [0.2, 0.25) is 0 Å². The number of carbonyl (C=O) groups excluding carboxylic acids is 1. The van der Waals surface area contributed by atoms with Crippen LogP contribution in [0.4, 0.5) is 5.82 Å². The Morgan fingerprint density at radius 2 is 1.72 bits per heavy atom. The highest BCUT2D eigenvalue weighted by molar-refractivity contribution is 5.94. The maximum atomic E-state index is 12.4. The zero-order valence-corrected chi connectivity index (χ0v) is 16.6. The van der Waals surface area contributed by atoms with Crippen molar-refractivity contribution in [3.05, 3.63) is 78.1 Å². The van der Waals surface area contributed by atoms with Crippen molar-refractivity contribution >= 4 is 11.7 Å². The quantitative estimate of drug-likeness (QED) is 0.621. The highest BCUT2D eigenvalue weighted by Gasteiger charge is 2.14. The summed E-state index contributed by atoms with van der Waals surface area (Å²) in [5.74, 6) is 0.942. The van der Waals surface area contributed by atoms with Gasteiger partial charge in [-0.3, -0.25) is 4.79 Å². The summed E-state index contributed by atoms with van der Waals surface area (Å²) in [6.45, 7) is 2.78. The van der Waals surface area contributed by atoms with Gasteiger partial charge in [0.15, 0.2) is 0 Å². The van der Waals surface area contributed by atoms with E-state index in [4.69, 9.17) is 0 Å².